The van der Waals surface area contributed by atoms with E-state index < -0.39 is 0 Å². The summed E-state index contributed by atoms with van der Waals surface area (Å²) in [7, 11) is 3.72. The average molecular weight is 236 g/mol. The molecule has 94 valence electrons. The van der Waals surface area contributed by atoms with Crippen LogP contribution in [0.15, 0.2) is 24.3 Å². The van der Waals surface area contributed by atoms with Gasteiger partial charge in [0.15, 0.2) is 0 Å². The lowest BCUT2D eigenvalue weighted by molar-refractivity contribution is -0.00335. The number of hydrogen-bond acceptors (Lipinski definition) is 4. The Morgan fingerprint density at radius 2 is 1.65 bits per heavy atom. The van der Waals surface area contributed by atoms with Gasteiger partial charge < -0.3 is 14.9 Å². The first-order valence-electron chi connectivity index (χ1n) is 6.07. The van der Waals surface area contributed by atoms with Gasteiger partial charge in [-0.3, -0.25) is 0 Å². The molecule has 0 unspecified atom stereocenters. The molecular weight excluding hydrogens is 216 g/mol. The highest BCUT2D eigenvalue weighted by molar-refractivity contribution is 5.31. The minimum atomic E-state index is 0.344. The van der Waals surface area contributed by atoms with Crippen LogP contribution in [0.25, 0.3) is 0 Å². The van der Waals surface area contributed by atoms with Gasteiger partial charge in [-0.1, -0.05) is 0 Å². The quantitative estimate of drug-likeness (QED) is 0.806. The van der Waals surface area contributed by atoms with Crippen LogP contribution in [0.2, 0.25) is 0 Å². The number of benzene rings is 1. The Hall–Kier alpha value is -1.26. The van der Waals surface area contributed by atoms with E-state index in [1.165, 1.54) is 0 Å². The van der Waals surface area contributed by atoms with E-state index in [0.717, 1.165) is 37.4 Å². The molecule has 1 aliphatic heterocycles. The van der Waals surface area contributed by atoms with E-state index in [-0.39, 0.29) is 0 Å². The predicted octanol–water partition coefficient (Wildman–Crippen LogP) is 1.67. The smallest absolute Gasteiger partial charge is 0.147 e. The van der Waals surface area contributed by atoms with Gasteiger partial charge in [-0.05, 0) is 50.2 Å². The maximum atomic E-state index is 5.91. The van der Waals surface area contributed by atoms with Crippen molar-refractivity contribution >= 4 is 0 Å². The number of nitrogens with one attached hydrogen (secondary N) is 1. The summed E-state index contributed by atoms with van der Waals surface area (Å²) in [6, 6.07) is 7.77. The monoisotopic (exact) mass is 236 g/mol. The molecule has 4 nitrogen and oxygen atoms in total. The Morgan fingerprint density at radius 1 is 1.06 bits per heavy atom. The first-order chi connectivity index (χ1) is 8.24. The van der Waals surface area contributed by atoms with Gasteiger partial charge in [0.25, 0.3) is 0 Å². The fraction of sp³-hybridized carbons (Fsp3) is 0.538. The van der Waals surface area contributed by atoms with Gasteiger partial charge in [-0.2, -0.15) is 5.06 Å². The zero-order valence-corrected chi connectivity index (χ0v) is 10.5. The Balaban J connectivity index is 1.88. The van der Waals surface area contributed by atoms with Crippen LogP contribution < -0.4 is 14.9 Å². The van der Waals surface area contributed by atoms with E-state index in [1.54, 1.807) is 5.06 Å². The first kappa shape index (κ1) is 12.2. The van der Waals surface area contributed by atoms with E-state index in [4.69, 9.17) is 9.57 Å². The summed E-state index contributed by atoms with van der Waals surface area (Å²) in [4.78, 5) is 5.43. The van der Waals surface area contributed by atoms with Crippen LogP contribution in [-0.4, -0.2) is 38.4 Å². The Morgan fingerprint density at radius 3 is 2.24 bits per heavy atom. The second-order valence-corrected chi connectivity index (χ2v) is 4.44. The SMILES string of the molecule is CN(C)Oc1ccc(OC2CCNCC2)cc1. The molecule has 1 heterocycles. The molecule has 0 aliphatic carbocycles. The number of rotatable bonds is 4. The lowest BCUT2D eigenvalue weighted by Gasteiger charge is -2.23. The van der Waals surface area contributed by atoms with Gasteiger partial charge >= 0.3 is 0 Å². The zero-order valence-electron chi connectivity index (χ0n) is 10.5. The van der Waals surface area contributed by atoms with Crippen molar-refractivity contribution in [1.29, 1.82) is 0 Å². The second kappa shape index (κ2) is 5.89. The van der Waals surface area contributed by atoms with Gasteiger partial charge in [0.05, 0.1) is 0 Å². The highest BCUT2D eigenvalue weighted by Gasteiger charge is 2.14. The summed E-state index contributed by atoms with van der Waals surface area (Å²) >= 11 is 0. The molecule has 0 bridgehead atoms. The molecule has 0 atom stereocenters. The summed E-state index contributed by atoms with van der Waals surface area (Å²) in [5.74, 6) is 1.75. The molecule has 1 N–H and O–H groups in total. The molecule has 4 heteroatoms. The Kier molecular flexibility index (Phi) is 4.23. The van der Waals surface area contributed by atoms with Gasteiger partial charge in [-0.15, -0.1) is 0 Å². The van der Waals surface area contributed by atoms with E-state index >= 15 is 0 Å². The molecule has 0 aromatic heterocycles. The fourth-order valence-electron chi connectivity index (χ4n) is 1.90. The van der Waals surface area contributed by atoms with Gasteiger partial charge in [0.2, 0.25) is 0 Å². The molecule has 1 fully saturated rings. The summed E-state index contributed by atoms with van der Waals surface area (Å²) in [5.41, 5.74) is 0. The average Bonchev–Trinajstić information content (AvgIpc) is 2.32. The molecular formula is C13H20N2O2. The molecule has 1 aromatic carbocycles. The molecule has 1 aromatic rings. The van der Waals surface area contributed by atoms with Crippen LogP contribution in [0.4, 0.5) is 0 Å². The highest BCUT2D eigenvalue weighted by atomic mass is 16.7. The van der Waals surface area contributed by atoms with Crippen LogP contribution in [0.1, 0.15) is 12.8 Å². The van der Waals surface area contributed by atoms with E-state index in [9.17, 15) is 0 Å². The molecule has 2 rings (SSSR count). The number of hydrogen-bond donors (Lipinski definition) is 1. The molecule has 0 radical (unpaired) electrons. The third-order valence-corrected chi connectivity index (χ3v) is 2.70. The minimum Gasteiger partial charge on any atom is -0.490 e. The Labute approximate surface area is 102 Å². The molecule has 0 amide bonds. The number of ether oxygens (including phenoxy) is 1. The van der Waals surface area contributed by atoms with Crippen molar-refractivity contribution in [2.45, 2.75) is 18.9 Å². The molecule has 1 aliphatic rings. The van der Waals surface area contributed by atoms with Gasteiger partial charge in [-0.25, -0.2) is 0 Å². The van der Waals surface area contributed by atoms with Crippen LogP contribution in [0, 0.1) is 0 Å². The number of hydroxylamine groups is 2. The fourth-order valence-corrected chi connectivity index (χ4v) is 1.90. The van der Waals surface area contributed by atoms with Crippen LogP contribution in [0.5, 0.6) is 11.5 Å². The van der Waals surface area contributed by atoms with Crippen LogP contribution in [0.3, 0.4) is 0 Å². The summed E-state index contributed by atoms with van der Waals surface area (Å²) < 4.78 is 5.91. The van der Waals surface area contributed by atoms with Crippen LogP contribution >= 0.6 is 0 Å². The third kappa shape index (κ3) is 3.91. The molecule has 0 saturated carbocycles. The number of piperidine rings is 1. The lowest BCUT2D eigenvalue weighted by atomic mass is 10.1. The zero-order chi connectivity index (χ0) is 12.1. The molecule has 1 saturated heterocycles. The normalized spacial score (nSPS) is 17.1. The molecule has 0 spiro atoms. The van der Waals surface area contributed by atoms with Crippen molar-refractivity contribution in [3.63, 3.8) is 0 Å². The van der Waals surface area contributed by atoms with Crippen molar-refractivity contribution < 1.29 is 9.57 Å². The minimum absolute atomic E-state index is 0.344. The van der Waals surface area contributed by atoms with Crippen molar-refractivity contribution in [1.82, 2.24) is 10.4 Å². The van der Waals surface area contributed by atoms with Gasteiger partial charge in [0.1, 0.15) is 17.6 Å². The van der Waals surface area contributed by atoms with Crippen molar-refractivity contribution in [3.05, 3.63) is 24.3 Å². The molecule has 17 heavy (non-hydrogen) atoms. The van der Waals surface area contributed by atoms with Crippen molar-refractivity contribution in [2.24, 2.45) is 0 Å². The highest BCUT2D eigenvalue weighted by Crippen LogP contribution is 2.20. The predicted molar refractivity (Wildman–Crippen MR) is 67.3 cm³/mol. The summed E-state index contributed by atoms with van der Waals surface area (Å²) in [5, 5.41) is 4.99. The maximum absolute atomic E-state index is 5.91. The summed E-state index contributed by atoms with van der Waals surface area (Å²) in [6.45, 7) is 2.10. The third-order valence-electron chi connectivity index (χ3n) is 2.70. The largest absolute Gasteiger partial charge is 0.490 e. The summed E-state index contributed by atoms with van der Waals surface area (Å²) in [6.07, 6.45) is 2.50. The number of nitrogens with zero attached hydrogens (tertiary/aromatic N) is 1. The standard InChI is InChI=1S/C13H20N2O2/c1-15(2)17-13-5-3-11(4-6-13)16-12-7-9-14-10-8-12/h3-6,12,14H,7-10H2,1-2H3. The van der Waals surface area contributed by atoms with Crippen molar-refractivity contribution in [3.8, 4) is 11.5 Å². The Bertz CT molecular complexity index is 332. The van der Waals surface area contributed by atoms with Gasteiger partial charge in [0, 0.05) is 14.1 Å². The lowest BCUT2D eigenvalue weighted by Crippen LogP contribution is -2.34. The first-order valence-corrected chi connectivity index (χ1v) is 6.07. The van der Waals surface area contributed by atoms with E-state index in [0.29, 0.717) is 6.10 Å². The van der Waals surface area contributed by atoms with Crippen molar-refractivity contribution in [2.75, 3.05) is 27.2 Å². The van der Waals surface area contributed by atoms with E-state index in [2.05, 4.69) is 5.32 Å². The topological polar surface area (TPSA) is 33.7 Å². The maximum Gasteiger partial charge on any atom is 0.147 e. The van der Waals surface area contributed by atoms with Crippen LogP contribution in [-0.2, 0) is 0 Å². The second-order valence-electron chi connectivity index (χ2n) is 4.44. The van der Waals surface area contributed by atoms with E-state index in [1.807, 2.05) is 38.4 Å².